The Morgan fingerprint density at radius 2 is 1.71 bits per heavy atom. The fourth-order valence-corrected chi connectivity index (χ4v) is 2.70. The van der Waals surface area contributed by atoms with Crippen LogP contribution in [-0.4, -0.2) is 41.9 Å². The van der Waals surface area contributed by atoms with E-state index in [0.29, 0.717) is 12.1 Å². The van der Waals surface area contributed by atoms with Crippen molar-refractivity contribution in [3.05, 3.63) is 71.3 Å². The quantitative estimate of drug-likeness (QED) is 0.747. The Kier molecular flexibility index (Phi) is 7.32. The molecule has 148 valence electrons. The third kappa shape index (κ3) is 5.94. The van der Waals surface area contributed by atoms with Crippen molar-refractivity contribution in [1.82, 2.24) is 10.2 Å². The lowest BCUT2D eigenvalue weighted by Gasteiger charge is -2.23. The molecule has 0 saturated heterocycles. The van der Waals surface area contributed by atoms with Gasteiger partial charge in [0.05, 0.1) is 0 Å². The number of carbonyl (C=O) groups is 3. The minimum Gasteiger partial charge on any atom is -0.451 e. The van der Waals surface area contributed by atoms with Crippen molar-refractivity contribution in [3.63, 3.8) is 0 Å². The molecular formula is C22H26N2O4. The Balaban J connectivity index is 1.88. The number of nitrogens with zero attached hydrogens (tertiary/aromatic N) is 1. The smallest absolute Gasteiger partial charge is 0.329 e. The molecule has 0 aliphatic rings. The third-order valence-electron chi connectivity index (χ3n) is 4.26. The molecule has 0 aliphatic carbocycles. The molecule has 2 aromatic carbocycles. The maximum absolute atomic E-state index is 12.4. The van der Waals surface area contributed by atoms with Crippen molar-refractivity contribution < 1.29 is 19.1 Å². The van der Waals surface area contributed by atoms with E-state index in [1.807, 2.05) is 43.3 Å². The van der Waals surface area contributed by atoms with Crippen molar-refractivity contribution >= 4 is 17.8 Å². The van der Waals surface area contributed by atoms with Gasteiger partial charge in [-0.15, -0.1) is 0 Å². The van der Waals surface area contributed by atoms with Gasteiger partial charge in [-0.2, -0.15) is 0 Å². The molecule has 2 amide bonds. The summed E-state index contributed by atoms with van der Waals surface area (Å²) in [5, 5.41) is 2.60. The molecule has 2 rings (SSSR count). The highest BCUT2D eigenvalue weighted by atomic mass is 16.5. The number of hydrogen-bond donors (Lipinski definition) is 1. The molecule has 0 saturated carbocycles. The zero-order valence-corrected chi connectivity index (χ0v) is 16.6. The van der Waals surface area contributed by atoms with Crippen LogP contribution in [0.15, 0.2) is 54.6 Å². The summed E-state index contributed by atoms with van der Waals surface area (Å²) in [4.78, 5) is 38.5. The van der Waals surface area contributed by atoms with Crippen molar-refractivity contribution in [2.75, 3.05) is 7.05 Å². The van der Waals surface area contributed by atoms with Crippen molar-refractivity contribution in [3.8, 4) is 0 Å². The van der Waals surface area contributed by atoms with Crippen LogP contribution in [0.1, 0.15) is 35.3 Å². The minimum atomic E-state index is -0.945. The highest BCUT2D eigenvalue weighted by Gasteiger charge is 2.25. The van der Waals surface area contributed by atoms with Crippen LogP contribution in [-0.2, 0) is 20.9 Å². The summed E-state index contributed by atoms with van der Waals surface area (Å²) in [6, 6.07) is 15.7. The first kappa shape index (κ1) is 21.2. The van der Waals surface area contributed by atoms with Crippen LogP contribution in [0.25, 0.3) is 0 Å². The van der Waals surface area contributed by atoms with Gasteiger partial charge in [-0.3, -0.25) is 9.59 Å². The van der Waals surface area contributed by atoms with Crippen LogP contribution in [0.4, 0.5) is 0 Å². The van der Waals surface area contributed by atoms with Gasteiger partial charge in [0.2, 0.25) is 0 Å². The number of esters is 1. The fourth-order valence-electron chi connectivity index (χ4n) is 2.70. The van der Waals surface area contributed by atoms with Gasteiger partial charge >= 0.3 is 5.97 Å². The largest absolute Gasteiger partial charge is 0.451 e. The lowest BCUT2D eigenvalue weighted by Crippen LogP contribution is -2.43. The molecule has 1 N–H and O–H groups in total. The standard InChI is InChI=1S/C22H26N2O4/c1-15-9-8-12-19(13-15)20(25)23-16(2)22(27)28-17(3)21(26)24(4)14-18-10-6-5-7-11-18/h5-13,16-17H,14H2,1-4H3,(H,23,25)/t16-,17-/m1/s1. The molecule has 6 nitrogen and oxygen atoms in total. The monoisotopic (exact) mass is 382 g/mol. The van der Waals surface area contributed by atoms with Gasteiger partial charge in [-0.1, -0.05) is 48.0 Å². The van der Waals surface area contributed by atoms with Gasteiger partial charge in [-0.25, -0.2) is 4.79 Å². The third-order valence-corrected chi connectivity index (χ3v) is 4.26. The second-order valence-corrected chi connectivity index (χ2v) is 6.82. The van der Waals surface area contributed by atoms with E-state index in [0.717, 1.165) is 11.1 Å². The number of aryl methyl sites for hydroxylation is 1. The highest BCUT2D eigenvalue weighted by molar-refractivity contribution is 5.97. The van der Waals surface area contributed by atoms with Crippen LogP contribution in [0, 0.1) is 6.92 Å². The van der Waals surface area contributed by atoms with Crippen LogP contribution in [0.2, 0.25) is 0 Å². The van der Waals surface area contributed by atoms with E-state index in [2.05, 4.69) is 5.32 Å². The minimum absolute atomic E-state index is 0.311. The predicted octanol–water partition coefficient (Wildman–Crippen LogP) is 2.70. The van der Waals surface area contributed by atoms with Gasteiger partial charge in [0, 0.05) is 19.2 Å². The molecule has 6 heteroatoms. The van der Waals surface area contributed by atoms with E-state index >= 15 is 0 Å². The van der Waals surface area contributed by atoms with Crippen molar-refractivity contribution in [1.29, 1.82) is 0 Å². The maximum atomic E-state index is 12.4. The first-order valence-corrected chi connectivity index (χ1v) is 9.15. The lowest BCUT2D eigenvalue weighted by atomic mass is 10.1. The molecule has 2 atom stereocenters. The molecule has 28 heavy (non-hydrogen) atoms. The normalized spacial score (nSPS) is 12.6. The first-order chi connectivity index (χ1) is 13.3. The first-order valence-electron chi connectivity index (χ1n) is 9.15. The van der Waals surface area contributed by atoms with Gasteiger partial charge in [0.25, 0.3) is 11.8 Å². The average molecular weight is 382 g/mol. The fraction of sp³-hybridized carbons (Fsp3) is 0.318. The number of ether oxygens (including phenoxy) is 1. The summed E-state index contributed by atoms with van der Waals surface area (Å²) in [6.07, 6.45) is -0.945. The van der Waals surface area contributed by atoms with E-state index in [-0.39, 0.29) is 11.8 Å². The molecule has 0 radical (unpaired) electrons. The van der Waals surface area contributed by atoms with E-state index in [1.165, 1.54) is 18.7 Å². The number of amides is 2. The Hall–Kier alpha value is -3.15. The van der Waals surface area contributed by atoms with E-state index in [4.69, 9.17) is 4.74 Å². The van der Waals surface area contributed by atoms with E-state index in [1.54, 1.807) is 25.2 Å². The second-order valence-electron chi connectivity index (χ2n) is 6.82. The predicted molar refractivity (Wildman–Crippen MR) is 107 cm³/mol. The summed E-state index contributed by atoms with van der Waals surface area (Å²) < 4.78 is 5.25. The molecule has 0 aliphatic heterocycles. The van der Waals surface area contributed by atoms with E-state index in [9.17, 15) is 14.4 Å². The highest BCUT2D eigenvalue weighted by Crippen LogP contribution is 2.08. The molecule has 2 aromatic rings. The molecule has 0 unspecified atom stereocenters. The van der Waals surface area contributed by atoms with Crippen molar-refractivity contribution in [2.45, 2.75) is 39.5 Å². The van der Waals surface area contributed by atoms with Crippen molar-refractivity contribution in [2.24, 2.45) is 0 Å². The van der Waals surface area contributed by atoms with Gasteiger partial charge in [-0.05, 0) is 38.5 Å². The Bertz CT molecular complexity index is 835. The SMILES string of the molecule is Cc1cccc(C(=O)N[C@H](C)C(=O)O[C@H](C)C(=O)N(C)Cc2ccccc2)c1. The topological polar surface area (TPSA) is 75.7 Å². The van der Waals surface area contributed by atoms with Gasteiger partial charge in [0.1, 0.15) is 6.04 Å². The summed E-state index contributed by atoms with van der Waals surface area (Å²) in [5.41, 5.74) is 2.39. The number of carbonyl (C=O) groups excluding carboxylic acids is 3. The molecule has 0 heterocycles. The molecule has 0 spiro atoms. The molecule has 0 bridgehead atoms. The molecule has 0 aromatic heterocycles. The van der Waals surface area contributed by atoms with E-state index < -0.39 is 18.1 Å². The summed E-state index contributed by atoms with van der Waals surface area (Å²) in [7, 11) is 1.66. The zero-order valence-electron chi connectivity index (χ0n) is 16.6. The van der Waals surface area contributed by atoms with Crippen LogP contribution >= 0.6 is 0 Å². The Morgan fingerprint density at radius 1 is 1.04 bits per heavy atom. The van der Waals surface area contributed by atoms with Crippen LogP contribution in [0.5, 0.6) is 0 Å². The zero-order chi connectivity index (χ0) is 20.7. The maximum Gasteiger partial charge on any atom is 0.329 e. The van der Waals surface area contributed by atoms with Crippen LogP contribution < -0.4 is 5.32 Å². The molecule has 0 fully saturated rings. The number of likely N-dealkylation sites (N-methyl/N-ethyl adjacent to an activating group) is 1. The van der Waals surface area contributed by atoms with Gasteiger partial charge < -0.3 is 15.0 Å². The lowest BCUT2D eigenvalue weighted by molar-refractivity contribution is -0.159. The summed E-state index contributed by atoms with van der Waals surface area (Å²) in [6.45, 7) is 5.35. The Labute approximate surface area is 165 Å². The summed E-state index contributed by atoms with van der Waals surface area (Å²) >= 11 is 0. The second kappa shape index (κ2) is 9.69. The number of benzene rings is 2. The average Bonchev–Trinajstić information content (AvgIpc) is 2.67. The number of nitrogens with one attached hydrogen (secondary N) is 1. The van der Waals surface area contributed by atoms with Gasteiger partial charge in [0.15, 0.2) is 6.10 Å². The Morgan fingerprint density at radius 3 is 2.36 bits per heavy atom. The molecular weight excluding hydrogens is 356 g/mol. The number of rotatable bonds is 7. The summed E-state index contributed by atoms with van der Waals surface area (Å²) in [5.74, 6) is -1.34. The van der Waals surface area contributed by atoms with Crippen LogP contribution in [0.3, 0.4) is 0 Å². The number of hydrogen-bond acceptors (Lipinski definition) is 4.